The Morgan fingerprint density at radius 3 is 2.84 bits per heavy atom. The van der Waals surface area contributed by atoms with Gasteiger partial charge in [-0.25, -0.2) is 4.98 Å². The second-order valence-electron chi connectivity index (χ2n) is 5.26. The van der Waals surface area contributed by atoms with E-state index < -0.39 is 0 Å². The molecule has 0 saturated heterocycles. The Labute approximate surface area is 124 Å². The van der Waals surface area contributed by atoms with E-state index in [0.717, 1.165) is 30.7 Å². The Kier molecular flexibility index (Phi) is 6.86. The summed E-state index contributed by atoms with van der Waals surface area (Å²) in [6.45, 7) is 8.34. The topological polar surface area (TPSA) is 42.0 Å². The van der Waals surface area contributed by atoms with Gasteiger partial charge in [0.2, 0.25) is 5.91 Å². The van der Waals surface area contributed by atoms with Gasteiger partial charge in [-0.1, -0.05) is 13.8 Å². The first kappa shape index (κ1) is 16.5. The van der Waals surface area contributed by atoms with Crippen molar-refractivity contribution in [2.75, 3.05) is 5.75 Å². The number of hydrogen-bond acceptors (Lipinski definition) is 4. The molecule has 1 aromatic rings. The first-order chi connectivity index (χ1) is 8.96. The summed E-state index contributed by atoms with van der Waals surface area (Å²) in [5, 5.41) is 6.35. The lowest BCUT2D eigenvalue weighted by Crippen LogP contribution is -2.43. The zero-order chi connectivity index (χ0) is 14.3. The van der Waals surface area contributed by atoms with Crippen molar-refractivity contribution in [1.29, 1.82) is 0 Å². The standard InChI is InChI=1S/C14H24N2OS2/c1-5-7-13-15-11(9-19-13)8-18-10-12(17)16-14(3,4)6-2/h9H,5-8,10H2,1-4H3,(H,16,17). The molecule has 0 spiro atoms. The molecule has 0 fully saturated rings. The van der Waals surface area contributed by atoms with Crippen LogP contribution in [0.2, 0.25) is 0 Å². The van der Waals surface area contributed by atoms with Gasteiger partial charge in [0.25, 0.3) is 0 Å². The molecule has 1 amide bonds. The van der Waals surface area contributed by atoms with Crippen molar-refractivity contribution in [2.45, 2.75) is 58.2 Å². The minimum Gasteiger partial charge on any atom is -0.351 e. The maximum Gasteiger partial charge on any atom is 0.230 e. The van der Waals surface area contributed by atoms with Crippen LogP contribution in [0.3, 0.4) is 0 Å². The number of carbonyl (C=O) groups excluding carboxylic acids is 1. The second kappa shape index (κ2) is 7.90. The smallest absolute Gasteiger partial charge is 0.230 e. The molecule has 108 valence electrons. The SMILES string of the molecule is CCCc1nc(CSCC(=O)NC(C)(C)CC)cs1. The van der Waals surface area contributed by atoms with E-state index in [4.69, 9.17) is 0 Å². The van der Waals surface area contributed by atoms with Crippen molar-refractivity contribution in [3.8, 4) is 0 Å². The van der Waals surface area contributed by atoms with Crippen molar-refractivity contribution in [2.24, 2.45) is 0 Å². The minimum absolute atomic E-state index is 0.105. The van der Waals surface area contributed by atoms with E-state index in [1.54, 1.807) is 23.1 Å². The monoisotopic (exact) mass is 300 g/mol. The van der Waals surface area contributed by atoms with Gasteiger partial charge in [-0.3, -0.25) is 4.79 Å². The van der Waals surface area contributed by atoms with Crippen LogP contribution in [0.1, 0.15) is 51.2 Å². The van der Waals surface area contributed by atoms with Crippen LogP contribution in [-0.2, 0) is 17.0 Å². The molecular formula is C14H24N2OS2. The molecule has 19 heavy (non-hydrogen) atoms. The molecule has 1 aromatic heterocycles. The number of hydrogen-bond donors (Lipinski definition) is 1. The molecule has 1 rings (SSSR count). The van der Waals surface area contributed by atoms with Crippen LogP contribution in [0.4, 0.5) is 0 Å². The first-order valence-electron chi connectivity index (χ1n) is 6.79. The molecule has 0 aliphatic heterocycles. The average Bonchev–Trinajstić information content (AvgIpc) is 2.77. The highest BCUT2D eigenvalue weighted by atomic mass is 32.2. The maximum absolute atomic E-state index is 11.8. The predicted molar refractivity (Wildman–Crippen MR) is 84.8 cm³/mol. The quantitative estimate of drug-likeness (QED) is 0.797. The summed E-state index contributed by atoms with van der Waals surface area (Å²) in [4.78, 5) is 16.3. The van der Waals surface area contributed by atoms with Crippen molar-refractivity contribution >= 4 is 29.0 Å². The van der Waals surface area contributed by atoms with Gasteiger partial charge in [0, 0.05) is 16.7 Å². The molecular weight excluding hydrogens is 276 g/mol. The summed E-state index contributed by atoms with van der Waals surface area (Å²) in [6.07, 6.45) is 3.13. The van der Waals surface area contributed by atoms with Gasteiger partial charge < -0.3 is 5.32 Å². The number of carbonyl (C=O) groups is 1. The van der Waals surface area contributed by atoms with E-state index in [1.165, 1.54) is 5.01 Å². The number of rotatable bonds is 8. The number of nitrogens with one attached hydrogen (secondary N) is 1. The number of thiazole rings is 1. The Morgan fingerprint density at radius 1 is 1.47 bits per heavy atom. The Hall–Kier alpha value is -0.550. The van der Waals surface area contributed by atoms with Gasteiger partial charge in [-0.05, 0) is 33.1 Å². The molecule has 0 unspecified atom stereocenters. The Morgan fingerprint density at radius 2 is 2.21 bits per heavy atom. The summed E-state index contributed by atoms with van der Waals surface area (Å²) >= 11 is 3.35. The third kappa shape index (κ3) is 6.43. The lowest BCUT2D eigenvalue weighted by atomic mass is 10.0. The lowest BCUT2D eigenvalue weighted by Gasteiger charge is -2.24. The second-order valence-corrected chi connectivity index (χ2v) is 7.19. The maximum atomic E-state index is 11.8. The fraction of sp³-hybridized carbons (Fsp3) is 0.714. The molecule has 0 bridgehead atoms. The van der Waals surface area contributed by atoms with Crippen molar-refractivity contribution in [3.63, 3.8) is 0 Å². The van der Waals surface area contributed by atoms with Gasteiger partial charge in [-0.15, -0.1) is 23.1 Å². The van der Waals surface area contributed by atoms with Crippen LogP contribution in [0.15, 0.2) is 5.38 Å². The molecule has 3 nitrogen and oxygen atoms in total. The Balaban J connectivity index is 2.27. The van der Waals surface area contributed by atoms with Gasteiger partial charge in [0.1, 0.15) is 0 Å². The fourth-order valence-electron chi connectivity index (χ4n) is 1.49. The van der Waals surface area contributed by atoms with Crippen molar-refractivity contribution < 1.29 is 4.79 Å². The molecule has 0 aliphatic rings. The molecule has 1 N–H and O–H groups in total. The van der Waals surface area contributed by atoms with Crippen LogP contribution in [0, 0.1) is 0 Å². The number of aromatic nitrogens is 1. The van der Waals surface area contributed by atoms with Gasteiger partial charge in [0.05, 0.1) is 16.5 Å². The molecule has 0 atom stereocenters. The predicted octanol–water partition coefficient (Wildman–Crippen LogP) is 3.63. The van der Waals surface area contributed by atoms with E-state index in [-0.39, 0.29) is 11.4 Å². The molecule has 5 heteroatoms. The summed E-state index contributed by atoms with van der Waals surface area (Å²) < 4.78 is 0. The zero-order valence-corrected chi connectivity index (χ0v) is 13.9. The van der Waals surface area contributed by atoms with Gasteiger partial charge in [-0.2, -0.15) is 0 Å². The van der Waals surface area contributed by atoms with Crippen molar-refractivity contribution in [3.05, 3.63) is 16.1 Å². The molecule has 0 saturated carbocycles. The molecule has 0 radical (unpaired) electrons. The normalized spacial score (nSPS) is 11.6. The van der Waals surface area contributed by atoms with Crippen LogP contribution in [-0.4, -0.2) is 22.2 Å². The first-order valence-corrected chi connectivity index (χ1v) is 8.82. The number of aryl methyl sites for hydroxylation is 1. The average molecular weight is 300 g/mol. The van der Waals surface area contributed by atoms with E-state index >= 15 is 0 Å². The molecule has 0 aromatic carbocycles. The van der Waals surface area contributed by atoms with E-state index in [1.807, 2.05) is 13.8 Å². The van der Waals surface area contributed by atoms with Gasteiger partial charge in [0.15, 0.2) is 0 Å². The molecule has 0 aliphatic carbocycles. The molecule has 1 heterocycles. The van der Waals surface area contributed by atoms with E-state index in [0.29, 0.717) is 5.75 Å². The highest BCUT2D eigenvalue weighted by molar-refractivity contribution is 7.99. The largest absolute Gasteiger partial charge is 0.351 e. The fourth-order valence-corrected chi connectivity index (χ4v) is 3.22. The highest BCUT2D eigenvalue weighted by Gasteiger charge is 2.17. The summed E-state index contributed by atoms with van der Waals surface area (Å²) in [5.74, 6) is 1.44. The van der Waals surface area contributed by atoms with Crippen LogP contribution in [0.25, 0.3) is 0 Å². The van der Waals surface area contributed by atoms with Crippen molar-refractivity contribution in [1.82, 2.24) is 10.3 Å². The van der Waals surface area contributed by atoms with Crippen LogP contribution in [0.5, 0.6) is 0 Å². The minimum atomic E-state index is -0.105. The van der Waals surface area contributed by atoms with Crippen LogP contribution >= 0.6 is 23.1 Å². The van der Waals surface area contributed by atoms with Gasteiger partial charge >= 0.3 is 0 Å². The Bertz CT molecular complexity index is 402. The number of thioether (sulfide) groups is 1. The third-order valence-corrected chi connectivity index (χ3v) is 4.83. The number of amides is 1. The van der Waals surface area contributed by atoms with Crippen LogP contribution < -0.4 is 5.32 Å². The highest BCUT2D eigenvalue weighted by Crippen LogP contribution is 2.17. The van der Waals surface area contributed by atoms with E-state index in [2.05, 4.69) is 29.5 Å². The lowest BCUT2D eigenvalue weighted by molar-refractivity contribution is -0.120. The summed E-state index contributed by atoms with van der Waals surface area (Å²) in [6, 6.07) is 0. The zero-order valence-electron chi connectivity index (χ0n) is 12.3. The third-order valence-electron chi connectivity index (χ3n) is 2.91. The summed E-state index contributed by atoms with van der Waals surface area (Å²) in [7, 11) is 0. The van der Waals surface area contributed by atoms with E-state index in [9.17, 15) is 4.79 Å². The number of nitrogens with zero attached hydrogens (tertiary/aromatic N) is 1. The summed E-state index contributed by atoms with van der Waals surface area (Å²) in [5.41, 5.74) is 0.994.